The number of nitrogens with zero attached hydrogens (tertiary/aromatic N) is 2. The van der Waals surface area contributed by atoms with Crippen LogP contribution >= 0.6 is 0 Å². The molecular formula is C22H28FN3O4. The summed E-state index contributed by atoms with van der Waals surface area (Å²) in [4.78, 5) is 17.0. The number of hydrogen-bond acceptors (Lipinski definition) is 6. The molecule has 0 bridgehead atoms. The van der Waals surface area contributed by atoms with Crippen molar-refractivity contribution in [2.24, 2.45) is 0 Å². The maximum atomic E-state index is 14.0. The molecule has 1 saturated heterocycles. The molecule has 2 aromatic rings. The first-order chi connectivity index (χ1) is 14.6. The van der Waals surface area contributed by atoms with Gasteiger partial charge in [-0.2, -0.15) is 0 Å². The zero-order valence-corrected chi connectivity index (χ0v) is 17.6. The fourth-order valence-corrected chi connectivity index (χ4v) is 3.62. The molecule has 0 unspecified atom stereocenters. The molecule has 30 heavy (non-hydrogen) atoms. The van der Waals surface area contributed by atoms with Gasteiger partial charge in [-0.25, -0.2) is 4.39 Å². The van der Waals surface area contributed by atoms with E-state index in [0.29, 0.717) is 41.6 Å². The second-order valence-electron chi connectivity index (χ2n) is 6.92. The van der Waals surface area contributed by atoms with E-state index in [4.69, 9.17) is 14.2 Å². The van der Waals surface area contributed by atoms with Crippen LogP contribution in [0.1, 0.15) is 10.4 Å². The van der Waals surface area contributed by atoms with Crippen LogP contribution in [-0.4, -0.2) is 71.4 Å². The third-order valence-corrected chi connectivity index (χ3v) is 5.23. The van der Waals surface area contributed by atoms with Gasteiger partial charge in [-0.05, 0) is 24.3 Å². The van der Waals surface area contributed by atoms with Gasteiger partial charge in [0.2, 0.25) is 5.75 Å². The van der Waals surface area contributed by atoms with Crippen molar-refractivity contribution in [3.05, 3.63) is 47.8 Å². The highest BCUT2D eigenvalue weighted by molar-refractivity contribution is 5.98. The van der Waals surface area contributed by atoms with Crippen LogP contribution in [0.3, 0.4) is 0 Å². The topological polar surface area (TPSA) is 63.3 Å². The third-order valence-electron chi connectivity index (χ3n) is 5.23. The van der Waals surface area contributed by atoms with Crippen LogP contribution in [0, 0.1) is 5.82 Å². The maximum Gasteiger partial charge on any atom is 0.255 e. The first-order valence-corrected chi connectivity index (χ1v) is 9.88. The molecule has 3 rings (SSSR count). The Hall–Kier alpha value is -3.00. The molecule has 1 aliphatic heterocycles. The summed E-state index contributed by atoms with van der Waals surface area (Å²) in [5.74, 6) is 0.795. The Labute approximate surface area is 176 Å². The number of piperazine rings is 1. The number of rotatable bonds is 8. The van der Waals surface area contributed by atoms with Crippen LogP contribution < -0.4 is 24.4 Å². The predicted molar refractivity (Wildman–Crippen MR) is 113 cm³/mol. The molecule has 1 N–H and O–H groups in total. The summed E-state index contributed by atoms with van der Waals surface area (Å²) in [5, 5.41) is 2.93. The number of halogens is 1. The Kier molecular flexibility index (Phi) is 7.35. The van der Waals surface area contributed by atoms with Gasteiger partial charge in [0.15, 0.2) is 11.5 Å². The van der Waals surface area contributed by atoms with Crippen molar-refractivity contribution in [3.8, 4) is 17.2 Å². The highest BCUT2D eigenvalue weighted by atomic mass is 19.1. The number of methoxy groups -OCH3 is 3. The van der Waals surface area contributed by atoms with Crippen molar-refractivity contribution in [2.75, 3.05) is 65.5 Å². The van der Waals surface area contributed by atoms with E-state index in [1.54, 1.807) is 18.2 Å². The Morgan fingerprint density at radius 3 is 2.30 bits per heavy atom. The normalized spacial score (nSPS) is 14.3. The fourth-order valence-electron chi connectivity index (χ4n) is 3.62. The first-order valence-electron chi connectivity index (χ1n) is 9.88. The summed E-state index contributed by atoms with van der Waals surface area (Å²) in [5.41, 5.74) is 1.03. The van der Waals surface area contributed by atoms with Gasteiger partial charge in [0.25, 0.3) is 5.91 Å². The lowest BCUT2D eigenvalue weighted by atomic mass is 10.1. The number of nitrogens with one attached hydrogen (secondary N) is 1. The Morgan fingerprint density at radius 1 is 0.967 bits per heavy atom. The zero-order valence-electron chi connectivity index (χ0n) is 17.6. The van der Waals surface area contributed by atoms with E-state index in [2.05, 4.69) is 15.1 Å². The molecule has 1 fully saturated rings. The van der Waals surface area contributed by atoms with Gasteiger partial charge in [-0.15, -0.1) is 0 Å². The molecular weight excluding hydrogens is 389 g/mol. The van der Waals surface area contributed by atoms with Gasteiger partial charge in [-0.1, -0.05) is 12.1 Å². The van der Waals surface area contributed by atoms with Gasteiger partial charge in [0.1, 0.15) is 5.82 Å². The average molecular weight is 417 g/mol. The number of benzene rings is 2. The summed E-state index contributed by atoms with van der Waals surface area (Å²) in [6, 6.07) is 10.2. The summed E-state index contributed by atoms with van der Waals surface area (Å²) in [6.07, 6.45) is 0. The van der Waals surface area contributed by atoms with Gasteiger partial charge >= 0.3 is 0 Å². The van der Waals surface area contributed by atoms with Crippen LogP contribution in [0.4, 0.5) is 10.1 Å². The number of para-hydroxylation sites is 1. The SMILES string of the molecule is COc1ccc(C(=O)NCCN2CCN(c3ccccc3F)CC2)c(OC)c1OC. The van der Waals surface area contributed by atoms with Gasteiger partial charge in [-0.3, -0.25) is 9.69 Å². The predicted octanol–water partition coefficient (Wildman–Crippen LogP) is 2.40. The zero-order chi connectivity index (χ0) is 21.5. The molecule has 1 heterocycles. The lowest BCUT2D eigenvalue weighted by Crippen LogP contribution is -2.48. The second kappa shape index (κ2) is 10.2. The molecule has 0 spiro atoms. The van der Waals surface area contributed by atoms with E-state index in [-0.39, 0.29) is 11.7 Å². The van der Waals surface area contributed by atoms with Gasteiger partial charge in [0, 0.05) is 39.3 Å². The highest BCUT2D eigenvalue weighted by Crippen LogP contribution is 2.39. The van der Waals surface area contributed by atoms with Crippen molar-refractivity contribution < 1.29 is 23.4 Å². The van der Waals surface area contributed by atoms with Crippen LogP contribution in [0.5, 0.6) is 17.2 Å². The molecule has 0 aliphatic carbocycles. The van der Waals surface area contributed by atoms with E-state index in [9.17, 15) is 9.18 Å². The average Bonchev–Trinajstić information content (AvgIpc) is 2.78. The minimum Gasteiger partial charge on any atom is -0.493 e. The lowest BCUT2D eigenvalue weighted by Gasteiger charge is -2.36. The number of carbonyl (C=O) groups excluding carboxylic acids is 1. The number of anilines is 1. The summed E-state index contributed by atoms with van der Waals surface area (Å²) in [7, 11) is 4.52. The van der Waals surface area contributed by atoms with Crippen molar-refractivity contribution in [2.45, 2.75) is 0 Å². The summed E-state index contributed by atoms with van der Waals surface area (Å²) in [6.45, 7) is 4.33. The number of amides is 1. The molecule has 0 radical (unpaired) electrons. The molecule has 162 valence electrons. The monoisotopic (exact) mass is 417 g/mol. The second-order valence-corrected chi connectivity index (χ2v) is 6.92. The molecule has 0 aromatic heterocycles. The fraction of sp³-hybridized carbons (Fsp3) is 0.409. The van der Waals surface area contributed by atoms with Crippen molar-refractivity contribution in [1.82, 2.24) is 10.2 Å². The first kappa shape index (κ1) is 21.7. The van der Waals surface area contributed by atoms with Crippen LogP contribution in [0.2, 0.25) is 0 Å². The Bertz CT molecular complexity index is 869. The number of hydrogen-bond donors (Lipinski definition) is 1. The van der Waals surface area contributed by atoms with E-state index >= 15 is 0 Å². The Morgan fingerprint density at radius 2 is 1.67 bits per heavy atom. The van der Waals surface area contributed by atoms with Crippen molar-refractivity contribution in [3.63, 3.8) is 0 Å². The van der Waals surface area contributed by atoms with Crippen LogP contribution in [-0.2, 0) is 0 Å². The molecule has 1 amide bonds. The minimum atomic E-state index is -0.238. The van der Waals surface area contributed by atoms with Gasteiger partial charge < -0.3 is 24.4 Å². The van der Waals surface area contributed by atoms with E-state index in [0.717, 1.165) is 26.2 Å². The molecule has 0 atom stereocenters. The molecule has 7 nitrogen and oxygen atoms in total. The molecule has 2 aromatic carbocycles. The molecule has 1 aliphatic rings. The van der Waals surface area contributed by atoms with E-state index in [1.807, 2.05) is 12.1 Å². The highest BCUT2D eigenvalue weighted by Gasteiger charge is 2.22. The quantitative estimate of drug-likeness (QED) is 0.712. The molecule has 0 saturated carbocycles. The standard InChI is InChI=1S/C22H28FN3O4/c1-28-19-9-8-16(20(29-2)21(19)30-3)22(27)24-10-11-25-12-14-26(15-13-25)18-7-5-4-6-17(18)23/h4-9H,10-15H2,1-3H3,(H,24,27). The number of carbonyl (C=O) groups is 1. The van der Waals surface area contributed by atoms with E-state index < -0.39 is 0 Å². The minimum absolute atomic E-state index is 0.193. The number of ether oxygens (including phenoxy) is 3. The third kappa shape index (κ3) is 4.76. The summed E-state index contributed by atoms with van der Waals surface area (Å²) < 4.78 is 29.9. The van der Waals surface area contributed by atoms with Crippen molar-refractivity contribution in [1.29, 1.82) is 0 Å². The molecule has 8 heteroatoms. The largest absolute Gasteiger partial charge is 0.493 e. The lowest BCUT2D eigenvalue weighted by molar-refractivity contribution is 0.0944. The van der Waals surface area contributed by atoms with Crippen LogP contribution in [0.25, 0.3) is 0 Å². The Balaban J connectivity index is 1.52. The van der Waals surface area contributed by atoms with E-state index in [1.165, 1.54) is 27.4 Å². The summed E-state index contributed by atoms with van der Waals surface area (Å²) >= 11 is 0. The van der Waals surface area contributed by atoms with Crippen molar-refractivity contribution >= 4 is 11.6 Å². The smallest absolute Gasteiger partial charge is 0.255 e. The maximum absolute atomic E-state index is 14.0. The van der Waals surface area contributed by atoms with Gasteiger partial charge in [0.05, 0.1) is 32.6 Å². The van der Waals surface area contributed by atoms with Crippen LogP contribution in [0.15, 0.2) is 36.4 Å².